The van der Waals surface area contributed by atoms with E-state index in [-0.39, 0.29) is 36.3 Å². The van der Waals surface area contributed by atoms with Crippen LogP contribution in [0, 0.1) is 0 Å². The van der Waals surface area contributed by atoms with E-state index in [0.29, 0.717) is 17.0 Å². The summed E-state index contributed by atoms with van der Waals surface area (Å²) in [5.74, 6) is -3.08. The number of carbonyl (C=O) groups is 4. The van der Waals surface area contributed by atoms with Gasteiger partial charge in [-0.15, -0.1) is 0 Å². The minimum Gasteiger partial charge on any atom is -0.481 e. The van der Waals surface area contributed by atoms with E-state index in [1.165, 1.54) is 49.6 Å². The zero-order chi connectivity index (χ0) is 30.3. The van der Waals surface area contributed by atoms with Gasteiger partial charge in [0.25, 0.3) is 5.91 Å². The van der Waals surface area contributed by atoms with Crippen molar-refractivity contribution in [3.8, 4) is 0 Å². The molecule has 1 amide bonds. The summed E-state index contributed by atoms with van der Waals surface area (Å²) >= 11 is 0. The first-order chi connectivity index (χ1) is 20.0. The summed E-state index contributed by atoms with van der Waals surface area (Å²) in [6, 6.07) is 17.4. The summed E-state index contributed by atoms with van der Waals surface area (Å²) in [6.07, 6.45) is 0.517. The number of nitrogens with one attached hydrogen (secondary N) is 1. The number of aliphatic carboxylic acids is 1. The fourth-order valence-electron chi connectivity index (χ4n) is 5.34. The molecule has 1 saturated carbocycles. The maximum atomic E-state index is 13.8. The highest BCUT2D eigenvalue weighted by Gasteiger charge is 2.32. The third-order valence-electron chi connectivity index (χ3n) is 7.69. The molecule has 6 nitrogen and oxygen atoms in total. The number of amides is 1. The predicted octanol–water partition coefficient (Wildman–Crippen LogP) is 7.20. The fourth-order valence-corrected chi connectivity index (χ4v) is 5.34. The largest absolute Gasteiger partial charge is 0.481 e. The van der Waals surface area contributed by atoms with Crippen molar-refractivity contribution in [1.82, 2.24) is 5.32 Å². The standard InChI is InChI=1S/C33H32F3NO5/c34-33(35,36)27-8-4-7-26(19-27)29(38)20-28(23-11-15-25(16-12-23)32(42)37-18-17-30(39)40)31(41)24-13-9-22(10-14-24)21-5-2-1-3-6-21/h4,7-16,19,21,28H,1-3,5-6,17-18,20H2,(H,37,42)(H,39,40). The van der Waals surface area contributed by atoms with Crippen LogP contribution >= 0.6 is 0 Å². The minimum absolute atomic E-state index is 0.0562. The quantitative estimate of drug-likeness (QED) is 0.234. The average Bonchev–Trinajstić information content (AvgIpc) is 2.99. The lowest BCUT2D eigenvalue weighted by atomic mass is 9.82. The molecule has 0 saturated heterocycles. The molecule has 3 aromatic carbocycles. The Morgan fingerprint density at radius 2 is 1.48 bits per heavy atom. The van der Waals surface area contributed by atoms with Crippen LogP contribution in [0.5, 0.6) is 0 Å². The van der Waals surface area contributed by atoms with E-state index in [4.69, 9.17) is 5.11 Å². The minimum atomic E-state index is -4.62. The topological polar surface area (TPSA) is 101 Å². The van der Waals surface area contributed by atoms with Crippen LogP contribution < -0.4 is 5.32 Å². The van der Waals surface area contributed by atoms with Gasteiger partial charge in [0.1, 0.15) is 0 Å². The highest BCUT2D eigenvalue weighted by molar-refractivity contribution is 6.06. The molecular weight excluding hydrogens is 547 g/mol. The monoisotopic (exact) mass is 579 g/mol. The second-order valence-corrected chi connectivity index (χ2v) is 10.6. The molecule has 3 aromatic rings. The Morgan fingerprint density at radius 3 is 2.10 bits per heavy atom. The van der Waals surface area contributed by atoms with E-state index in [1.54, 1.807) is 12.1 Å². The number of carboxylic acid groups (broad SMARTS) is 1. The number of carbonyl (C=O) groups excluding carboxylic acids is 3. The lowest BCUT2D eigenvalue weighted by Crippen LogP contribution is -2.26. The Morgan fingerprint density at radius 1 is 0.833 bits per heavy atom. The van der Waals surface area contributed by atoms with Crippen molar-refractivity contribution in [2.75, 3.05) is 6.54 Å². The lowest BCUT2D eigenvalue weighted by Gasteiger charge is -2.22. The number of halogens is 3. The molecule has 1 aliphatic rings. The van der Waals surface area contributed by atoms with Crippen LogP contribution in [0.4, 0.5) is 13.2 Å². The average molecular weight is 580 g/mol. The van der Waals surface area contributed by atoms with Crippen LogP contribution in [0.3, 0.4) is 0 Å². The molecule has 9 heteroatoms. The molecule has 220 valence electrons. The smallest absolute Gasteiger partial charge is 0.416 e. The van der Waals surface area contributed by atoms with Gasteiger partial charge in [0.05, 0.1) is 17.9 Å². The number of hydrogen-bond acceptors (Lipinski definition) is 4. The Kier molecular flexibility index (Phi) is 9.93. The molecule has 1 aliphatic carbocycles. The summed E-state index contributed by atoms with van der Waals surface area (Å²) in [5.41, 5.74) is 1.10. The van der Waals surface area contributed by atoms with Gasteiger partial charge < -0.3 is 10.4 Å². The Labute approximate surface area is 242 Å². The second kappa shape index (κ2) is 13.6. The van der Waals surface area contributed by atoms with Gasteiger partial charge in [-0.1, -0.05) is 67.8 Å². The van der Waals surface area contributed by atoms with Gasteiger partial charge in [0.2, 0.25) is 0 Å². The van der Waals surface area contributed by atoms with Gasteiger partial charge in [-0.05, 0) is 54.2 Å². The van der Waals surface area contributed by atoms with Crippen molar-refractivity contribution in [2.45, 2.75) is 63.0 Å². The van der Waals surface area contributed by atoms with Gasteiger partial charge >= 0.3 is 12.1 Å². The molecule has 1 unspecified atom stereocenters. The van der Waals surface area contributed by atoms with Crippen molar-refractivity contribution in [3.05, 3.63) is 106 Å². The van der Waals surface area contributed by atoms with Crippen LogP contribution in [0.15, 0.2) is 72.8 Å². The third-order valence-corrected chi connectivity index (χ3v) is 7.69. The molecule has 4 rings (SSSR count). The number of benzene rings is 3. The Balaban J connectivity index is 1.59. The summed E-state index contributed by atoms with van der Waals surface area (Å²) in [5, 5.41) is 11.3. The number of alkyl halides is 3. The van der Waals surface area contributed by atoms with Crippen molar-refractivity contribution >= 4 is 23.4 Å². The van der Waals surface area contributed by atoms with Crippen LogP contribution in [0.1, 0.15) is 105 Å². The van der Waals surface area contributed by atoms with Crippen LogP contribution in [0.25, 0.3) is 0 Å². The fraction of sp³-hybridized carbons (Fsp3) is 0.333. The van der Waals surface area contributed by atoms with Gasteiger partial charge in [-0.3, -0.25) is 19.2 Å². The lowest BCUT2D eigenvalue weighted by molar-refractivity contribution is -0.138. The van der Waals surface area contributed by atoms with Crippen molar-refractivity contribution in [1.29, 1.82) is 0 Å². The summed E-state index contributed by atoms with van der Waals surface area (Å²) < 4.78 is 39.8. The zero-order valence-electron chi connectivity index (χ0n) is 23.0. The molecule has 0 spiro atoms. The third kappa shape index (κ3) is 7.93. The van der Waals surface area contributed by atoms with Crippen molar-refractivity contribution < 1.29 is 37.5 Å². The van der Waals surface area contributed by atoms with E-state index in [1.807, 2.05) is 12.1 Å². The van der Waals surface area contributed by atoms with E-state index in [2.05, 4.69) is 5.32 Å². The normalized spacial score (nSPS) is 14.6. The molecule has 0 heterocycles. The van der Waals surface area contributed by atoms with E-state index >= 15 is 0 Å². The molecule has 1 fully saturated rings. The first kappa shape index (κ1) is 30.7. The maximum absolute atomic E-state index is 13.8. The van der Waals surface area contributed by atoms with Gasteiger partial charge in [0, 0.05) is 29.7 Å². The summed E-state index contributed by atoms with van der Waals surface area (Å²) in [4.78, 5) is 50.1. The summed E-state index contributed by atoms with van der Waals surface area (Å²) in [6.45, 7) is -0.0562. The number of carboxylic acids is 1. The highest BCUT2D eigenvalue weighted by Crippen LogP contribution is 2.34. The predicted molar refractivity (Wildman–Crippen MR) is 151 cm³/mol. The number of rotatable bonds is 11. The maximum Gasteiger partial charge on any atom is 0.416 e. The van der Waals surface area contributed by atoms with Crippen LogP contribution in [-0.4, -0.2) is 35.1 Å². The zero-order valence-corrected chi connectivity index (χ0v) is 23.0. The highest BCUT2D eigenvalue weighted by atomic mass is 19.4. The number of hydrogen-bond donors (Lipinski definition) is 2. The molecule has 0 radical (unpaired) electrons. The van der Waals surface area contributed by atoms with Gasteiger partial charge in [0.15, 0.2) is 11.6 Å². The molecule has 42 heavy (non-hydrogen) atoms. The van der Waals surface area contributed by atoms with Crippen LogP contribution in [-0.2, 0) is 11.0 Å². The molecule has 0 bridgehead atoms. The second-order valence-electron chi connectivity index (χ2n) is 10.6. The van der Waals surface area contributed by atoms with Crippen LogP contribution in [0.2, 0.25) is 0 Å². The van der Waals surface area contributed by atoms with E-state index < -0.39 is 35.3 Å². The first-order valence-corrected chi connectivity index (χ1v) is 14.0. The Hall–Kier alpha value is -4.27. The molecule has 0 aliphatic heterocycles. The molecule has 0 aromatic heterocycles. The van der Waals surface area contributed by atoms with E-state index in [0.717, 1.165) is 36.6 Å². The Bertz CT molecular complexity index is 1430. The van der Waals surface area contributed by atoms with Crippen molar-refractivity contribution in [3.63, 3.8) is 0 Å². The summed E-state index contributed by atoms with van der Waals surface area (Å²) in [7, 11) is 0. The first-order valence-electron chi connectivity index (χ1n) is 14.0. The van der Waals surface area contributed by atoms with Gasteiger partial charge in [-0.2, -0.15) is 13.2 Å². The van der Waals surface area contributed by atoms with E-state index in [9.17, 15) is 32.3 Å². The number of Topliss-reactive ketones (excluding diaryl/α,β-unsaturated/α-hetero) is 2. The van der Waals surface area contributed by atoms with Crippen molar-refractivity contribution in [2.24, 2.45) is 0 Å². The van der Waals surface area contributed by atoms with Gasteiger partial charge in [-0.25, -0.2) is 0 Å². The molecule has 2 N–H and O–H groups in total. The molecular formula is C33H32F3NO5. The molecule has 1 atom stereocenters. The number of ketones is 2. The SMILES string of the molecule is O=C(O)CCNC(=O)c1ccc(C(CC(=O)c2cccc(C(F)(F)F)c2)C(=O)c2ccc(C3CCCCC3)cc2)cc1.